The van der Waals surface area contributed by atoms with Gasteiger partial charge in [-0.2, -0.15) is 0 Å². The van der Waals surface area contributed by atoms with Crippen molar-refractivity contribution in [1.29, 1.82) is 0 Å². The highest BCUT2D eigenvalue weighted by molar-refractivity contribution is 5.95. The van der Waals surface area contributed by atoms with E-state index in [0.717, 1.165) is 16.3 Å². The van der Waals surface area contributed by atoms with Crippen molar-refractivity contribution < 1.29 is 4.39 Å². The first-order valence-corrected chi connectivity index (χ1v) is 5.02. The molecule has 0 fully saturated rings. The molecular formula is C13H9FN2. The molecule has 0 radical (unpaired) electrons. The van der Waals surface area contributed by atoms with Crippen molar-refractivity contribution in [1.82, 2.24) is 9.97 Å². The normalized spacial score (nSPS) is 10.8. The second-order valence-corrected chi connectivity index (χ2v) is 3.61. The number of benzene rings is 2. The number of imidazole rings is 1. The second-order valence-electron chi connectivity index (χ2n) is 3.61. The lowest BCUT2D eigenvalue weighted by Crippen LogP contribution is -1.86. The van der Waals surface area contributed by atoms with Gasteiger partial charge in [-0.15, -0.1) is 0 Å². The van der Waals surface area contributed by atoms with Crippen molar-refractivity contribution in [2.24, 2.45) is 0 Å². The molecule has 3 heteroatoms. The first-order valence-electron chi connectivity index (χ1n) is 5.02. The lowest BCUT2D eigenvalue weighted by atomic mass is 10.0. The van der Waals surface area contributed by atoms with Gasteiger partial charge in [0.05, 0.1) is 0 Å². The van der Waals surface area contributed by atoms with Crippen LogP contribution in [0.3, 0.4) is 0 Å². The smallest absolute Gasteiger partial charge is 0.137 e. The standard InChI is InChI=1S/C13H9FN2/c14-10-7-9-3-1-2-4-11(9)12(8-10)13-15-5-6-16-13/h1-8H,(H,15,16). The summed E-state index contributed by atoms with van der Waals surface area (Å²) >= 11 is 0. The molecule has 0 bridgehead atoms. The number of aromatic amines is 1. The van der Waals surface area contributed by atoms with E-state index in [0.29, 0.717) is 5.82 Å². The average Bonchev–Trinajstić information content (AvgIpc) is 2.81. The molecule has 78 valence electrons. The number of aromatic nitrogens is 2. The number of nitrogens with zero attached hydrogens (tertiary/aromatic N) is 1. The Bertz CT molecular complexity index is 629. The van der Waals surface area contributed by atoms with E-state index < -0.39 is 0 Å². The number of nitrogens with one attached hydrogen (secondary N) is 1. The van der Waals surface area contributed by atoms with Crippen LogP contribution in [0.2, 0.25) is 0 Å². The van der Waals surface area contributed by atoms with Gasteiger partial charge in [-0.25, -0.2) is 9.37 Å². The monoisotopic (exact) mass is 212 g/mol. The molecule has 0 unspecified atom stereocenters. The third-order valence-corrected chi connectivity index (χ3v) is 2.58. The lowest BCUT2D eigenvalue weighted by Gasteiger charge is -2.04. The van der Waals surface area contributed by atoms with Crippen LogP contribution in [0, 0.1) is 5.82 Å². The van der Waals surface area contributed by atoms with Crippen LogP contribution in [0.4, 0.5) is 4.39 Å². The lowest BCUT2D eigenvalue weighted by molar-refractivity contribution is 0.630. The van der Waals surface area contributed by atoms with Gasteiger partial charge in [0.2, 0.25) is 0 Å². The third kappa shape index (κ3) is 1.37. The molecule has 0 spiro atoms. The summed E-state index contributed by atoms with van der Waals surface area (Å²) in [6.07, 6.45) is 3.39. The molecule has 1 heterocycles. The van der Waals surface area contributed by atoms with Gasteiger partial charge in [-0.3, -0.25) is 0 Å². The van der Waals surface area contributed by atoms with Crippen LogP contribution in [0.15, 0.2) is 48.8 Å². The van der Waals surface area contributed by atoms with Gasteiger partial charge in [0.25, 0.3) is 0 Å². The molecule has 3 aromatic rings. The van der Waals surface area contributed by atoms with E-state index in [1.165, 1.54) is 12.1 Å². The summed E-state index contributed by atoms with van der Waals surface area (Å²) in [6.45, 7) is 0. The predicted molar refractivity (Wildman–Crippen MR) is 61.5 cm³/mol. The van der Waals surface area contributed by atoms with Crippen molar-refractivity contribution in [3.63, 3.8) is 0 Å². The highest BCUT2D eigenvalue weighted by Gasteiger charge is 2.07. The Hall–Kier alpha value is -2.16. The summed E-state index contributed by atoms with van der Waals surface area (Å²) in [5, 5.41) is 1.88. The highest BCUT2D eigenvalue weighted by atomic mass is 19.1. The Balaban J connectivity index is 2.39. The number of fused-ring (bicyclic) bond motifs is 1. The van der Waals surface area contributed by atoms with Crippen molar-refractivity contribution in [3.8, 4) is 11.4 Å². The second kappa shape index (κ2) is 3.45. The molecule has 0 atom stereocenters. The van der Waals surface area contributed by atoms with Crippen molar-refractivity contribution in [3.05, 3.63) is 54.6 Å². The Morgan fingerprint density at radius 1 is 1.12 bits per heavy atom. The fraction of sp³-hybridized carbons (Fsp3) is 0. The number of hydrogen-bond donors (Lipinski definition) is 1. The number of hydrogen-bond acceptors (Lipinski definition) is 1. The van der Waals surface area contributed by atoms with Crippen molar-refractivity contribution in [2.75, 3.05) is 0 Å². The Morgan fingerprint density at radius 3 is 2.81 bits per heavy atom. The summed E-state index contributed by atoms with van der Waals surface area (Å²) in [5.41, 5.74) is 0.792. The zero-order chi connectivity index (χ0) is 11.0. The van der Waals surface area contributed by atoms with E-state index >= 15 is 0 Å². The summed E-state index contributed by atoms with van der Waals surface area (Å²) < 4.78 is 13.4. The molecule has 1 aromatic heterocycles. The van der Waals surface area contributed by atoms with Gasteiger partial charge in [0, 0.05) is 18.0 Å². The zero-order valence-corrected chi connectivity index (χ0v) is 8.44. The largest absolute Gasteiger partial charge is 0.345 e. The molecule has 0 saturated heterocycles. The molecule has 16 heavy (non-hydrogen) atoms. The van der Waals surface area contributed by atoms with E-state index in [4.69, 9.17) is 0 Å². The maximum Gasteiger partial charge on any atom is 0.137 e. The topological polar surface area (TPSA) is 28.7 Å². The van der Waals surface area contributed by atoms with Gasteiger partial charge in [0.1, 0.15) is 11.6 Å². The predicted octanol–water partition coefficient (Wildman–Crippen LogP) is 3.37. The molecule has 3 rings (SSSR count). The maximum atomic E-state index is 13.4. The first kappa shape index (κ1) is 9.09. The Labute approximate surface area is 91.8 Å². The Kier molecular flexibility index (Phi) is 1.96. The fourth-order valence-corrected chi connectivity index (χ4v) is 1.88. The first-order chi connectivity index (χ1) is 7.84. The van der Waals surface area contributed by atoms with Gasteiger partial charge in [-0.05, 0) is 22.9 Å². The number of H-pyrrole nitrogens is 1. The molecule has 2 nitrogen and oxygen atoms in total. The van der Waals surface area contributed by atoms with Crippen molar-refractivity contribution >= 4 is 10.8 Å². The zero-order valence-electron chi connectivity index (χ0n) is 8.44. The summed E-state index contributed by atoms with van der Waals surface area (Å²) in [6, 6.07) is 10.7. The number of halogens is 1. The van der Waals surface area contributed by atoms with Gasteiger partial charge in [0.15, 0.2) is 0 Å². The minimum atomic E-state index is -0.245. The van der Waals surface area contributed by atoms with Gasteiger partial charge < -0.3 is 4.98 Å². The highest BCUT2D eigenvalue weighted by Crippen LogP contribution is 2.27. The molecule has 0 saturated carbocycles. The SMILES string of the molecule is Fc1cc(-c2ncc[nH]2)c2ccccc2c1. The summed E-state index contributed by atoms with van der Waals surface area (Å²) in [7, 11) is 0. The van der Waals surface area contributed by atoms with E-state index in [2.05, 4.69) is 9.97 Å². The molecule has 2 aromatic carbocycles. The molecule has 0 amide bonds. The molecule has 0 aliphatic heterocycles. The van der Waals surface area contributed by atoms with E-state index in [1.54, 1.807) is 12.4 Å². The Morgan fingerprint density at radius 2 is 2.00 bits per heavy atom. The number of rotatable bonds is 1. The molecule has 0 aliphatic carbocycles. The van der Waals surface area contributed by atoms with Crippen LogP contribution >= 0.6 is 0 Å². The van der Waals surface area contributed by atoms with Crippen LogP contribution in [0.25, 0.3) is 22.2 Å². The third-order valence-electron chi connectivity index (χ3n) is 2.58. The van der Waals surface area contributed by atoms with Gasteiger partial charge in [-0.1, -0.05) is 24.3 Å². The fourth-order valence-electron chi connectivity index (χ4n) is 1.88. The van der Waals surface area contributed by atoms with Gasteiger partial charge >= 0.3 is 0 Å². The molecule has 0 aliphatic rings. The summed E-state index contributed by atoms with van der Waals surface area (Å²) in [4.78, 5) is 7.15. The van der Waals surface area contributed by atoms with E-state index in [-0.39, 0.29) is 5.82 Å². The van der Waals surface area contributed by atoms with Crippen molar-refractivity contribution in [2.45, 2.75) is 0 Å². The van der Waals surface area contributed by atoms with Crippen LogP contribution in [0.1, 0.15) is 0 Å². The molecule has 1 N–H and O–H groups in total. The average molecular weight is 212 g/mol. The van der Waals surface area contributed by atoms with Crippen LogP contribution in [-0.2, 0) is 0 Å². The van der Waals surface area contributed by atoms with E-state index in [1.807, 2.05) is 24.3 Å². The quantitative estimate of drug-likeness (QED) is 0.658. The van der Waals surface area contributed by atoms with Crippen LogP contribution < -0.4 is 0 Å². The van der Waals surface area contributed by atoms with Crippen LogP contribution in [-0.4, -0.2) is 9.97 Å². The summed E-state index contributed by atoms with van der Waals surface area (Å²) in [5.74, 6) is 0.445. The maximum absolute atomic E-state index is 13.4. The minimum absolute atomic E-state index is 0.245. The van der Waals surface area contributed by atoms with Crippen LogP contribution in [0.5, 0.6) is 0 Å². The minimum Gasteiger partial charge on any atom is -0.345 e. The molecular weight excluding hydrogens is 203 g/mol. The van der Waals surface area contributed by atoms with E-state index in [9.17, 15) is 4.39 Å².